The van der Waals surface area contributed by atoms with E-state index in [0.717, 1.165) is 10.9 Å². The standard InChI is InChI=1S/C14H15F2NS/c1-8-4-13(18-9(8)2)14(17-3)10-5-11(15)7-12(16)6-10/h4-7,14,17H,1-3H3. The lowest BCUT2D eigenvalue weighted by molar-refractivity contribution is 0.572. The van der Waals surface area contributed by atoms with E-state index in [1.807, 2.05) is 13.8 Å². The molecule has 1 unspecified atom stereocenters. The summed E-state index contributed by atoms with van der Waals surface area (Å²) in [5.41, 5.74) is 1.81. The van der Waals surface area contributed by atoms with Gasteiger partial charge in [-0.1, -0.05) is 0 Å². The number of halogens is 2. The fourth-order valence-electron chi connectivity index (χ4n) is 1.96. The molecule has 0 saturated heterocycles. The zero-order chi connectivity index (χ0) is 13.3. The maximum absolute atomic E-state index is 13.3. The van der Waals surface area contributed by atoms with Gasteiger partial charge in [0.15, 0.2) is 0 Å². The van der Waals surface area contributed by atoms with Crippen molar-refractivity contribution in [3.8, 4) is 0 Å². The zero-order valence-electron chi connectivity index (χ0n) is 10.6. The van der Waals surface area contributed by atoms with Crippen LogP contribution < -0.4 is 5.32 Å². The summed E-state index contributed by atoms with van der Waals surface area (Å²) in [6, 6.07) is 5.52. The number of hydrogen-bond donors (Lipinski definition) is 1. The van der Waals surface area contributed by atoms with Gasteiger partial charge in [0.25, 0.3) is 0 Å². The molecule has 0 spiro atoms. The molecule has 2 aromatic rings. The molecule has 0 bridgehead atoms. The van der Waals surface area contributed by atoms with Gasteiger partial charge in [0.1, 0.15) is 11.6 Å². The van der Waals surface area contributed by atoms with Crippen molar-refractivity contribution in [2.24, 2.45) is 0 Å². The minimum absolute atomic E-state index is 0.174. The molecule has 1 aromatic carbocycles. The topological polar surface area (TPSA) is 12.0 Å². The van der Waals surface area contributed by atoms with Crippen molar-refractivity contribution >= 4 is 11.3 Å². The highest BCUT2D eigenvalue weighted by molar-refractivity contribution is 7.12. The fraction of sp³-hybridized carbons (Fsp3) is 0.286. The second-order valence-corrected chi connectivity index (χ2v) is 5.60. The van der Waals surface area contributed by atoms with Crippen molar-refractivity contribution in [2.75, 3.05) is 7.05 Å². The second-order valence-electron chi connectivity index (χ2n) is 4.31. The quantitative estimate of drug-likeness (QED) is 0.887. The first-order valence-electron chi connectivity index (χ1n) is 5.71. The molecule has 1 atom stereocenters. The van der Waals surface area contributed by atoms with Crippen LogP contribution in [0.15, 0.2) is 24.3 Å². The van der Waals surface area contributed by atoms with Gasteiger partial charge in [-0.2, -0.15) is 0 Å². The lowest BCUT2D eigenvalue weighted by Crippen LogP contribution is -2.16. The van der Waals surface area contributed by atoms with Crippen LogP contribution in [0.2, 0.25) is 0 Å². The van der Waals surface area contributed by atoms with Crippen LogP contribution in [0.25, 0.3) is 0 Å². The molecular weight excluding hydrogens is 252 g/mol. The van der Waals surface area contributed by atoms with Gasteiger partial charge in [-0.25, -0.2) is 8.78 Å². The third kappa shape index (κ3) is 2.60. The van der Waals surface area contributed by atoms with Crippen LogP contribution >= 0.6 is 11.3 Å². The van der Waals surface area contributed by atoms with Crippen molar-refractivity contribution < 1.29 is 8.78 Å². The smallest absolute Gasteiger partial charge is 0.126 e. The Bertz CT molecular complexity index is 523. The molecule has 0 aliphatic heterocycles. The first-order chi connectivity index (χ1) is 8.51. The van der Waals surface area contributed by atoms with Crippen LogP contribution in [-0.2, 0) is 0 Å². The number of aryl methyl sites for hydroxylation is 2. The van der Waals surface area contributed by atoms with E-state index in [1.165, 1.54) is 22.6 Å². The summed E-state index contributed by atoms with van der Waals surface area (Å²) in [6.07, 6.45) is 0. The third-order valence-electron chi connectivity index (χ3n) is 2.98. The molecule has 18 heavy (non-hydrogen) atoms. The highest BCUT2D eigenvalue weighted by atomic mass is 32.1. The summed E-state index contributed by atoms with van der Waals surface area (Å²) in [5, 5.41) is 3.11. The Balaban J connectivity index is 2.44. The van der Waals surface area contributed by atoms with Crippen molar-refractivity contribution in [1.29, 1.82) is 0 Å². The largest absolute Gasteiger partial charge is 0.309 e. The van der Waals surface area contributed by atoms with Gasteiger partial charge in [-0.15, -0.1) is 11.3 Å². The fourth-order valence-corrected chi connectivity index (χ4v) is 3.14. The van der Waals surface area contributed by atoms with Crippen molar-refractivity contribution in [3.63, 3.8) is 0 Å². The Morgan fingerprint density at radius 1 is 1.06 bits per heavy atom. The Kier molecular flexibility index (Phi) is 3.78. The summed E-state index contributed by atoms with van der Waals surface area (Å²) < 4.78 is 26.5. The minimum atomic E-state index is -0.546. The van der Waals surface area contributed by atoms with Gasteiger partial charge in [0.05, 0.1) is 6.04 Å². The van der Waals surface area contributed by atoms with E-state index in [1.54, 1.807) is 18.4 Å². The normalized spacial score (nSPS) is 12.7. The van der Waals surface area contributed by atoms with Gasteiger partial charge in [-0.3, -0.25) is 0 Å². The van der Waals surface area contributed by atoms with E-state index in [2.05, 4.69) is 11.4 Å². The summed E-state index contributed by atoms with van der Waals surface area (Å²) in [5.74, 6) is -1.09. The van der Waals surface area contributed by atoms with E-state index >= 15 is 0 Å². The molecule has 4 heteroatoms. The lowest BCUT2D eigenvalue weighted by Gasteiger charge is -2.15. The van der Waals surface area contributed by atoms with Crippen molar-refractivity contribution in [3.05, 3.63) is 56.8 Å². The zero-order valence-corrected chi connectivity index (χ0v) is 11.4. The Morgan fingerprint density at radius 3 is 2.11 bits per heavy atom. The molecule has 1 heterocycles. The summed E-state index contributed by atoms with van der Waals surface area (Å²) in [4.78, 5) is 2.29. The predicted molar refractivity (Wildman–Crippen MR) is 71.1 cm³/mol. The molecule has 0 saturated carbocycles. The van der Waals surface area contributed by atoms with Gasteiger partial charge in [0, 0.05) is 15.8 Å². The van der Waals surface area contributed by atoms with Crippen LogP contribution in [-0.4, -0.2) is 7.05 Å². The van der Waals surface area contributed by atoms with E-state index in [4.69, 9.17) is 0 Å². The van der Waals surface area contributed by atoms with Gasteiger partial charge in [-0.05, 0) is 50.2 Å². The maximum Gasteiger partial charge on any atom is 0.126 e. The highest BCUT2D eigenvalue weighted by Gasteiger charge is 2.16. The minimum Gasteiger partial charge on any atom is -0.309 e. The van der Waals surface area contributed by atoms with Gasteiger partial charge < -0.3 is 5.32 Å². The summed E-state index contributed by atoms with van der Waals surface area (Å²) in [6.45, 7) is 4.08. The molecule has 96 valence electrons. The lowest BCUT2D eigenvalue weighted by atomic mass is 10.0. The molecule has 0 aliphatic rings. The molecule has 1 aromatic heterocycles. The number of thiophene rings is 1. The summed E-state index contributed by atoms with van der Waals surface area (Å²) >= 11 is 1.65. The molecule has 2 rings (SSSR count). The molecule has 0 fully saturated rings. The predicted octanol–water partition coefficient (Wildman–Crippen LogP) is 3.95. The third-order valence-corrected chi connectivity index (χ3v) is 4.19. The number of hydrogen-bond acceptors (Lipinski definition) is 2. The first-order valence-corrected chi connectivity index (χ1v) is 6.53. The number of rotatable bonds is 3. The van der Waals surface area contributed by atoms with Gasteiger partial charge >= 0.3 is 0 Å². The molecule has 1 nitrogen and oxygen atoms in total. The van der Waals surface area contributed by atoms with E-state index in [0.29, 0.717) is 5.56 Å². The average molecular weight is 267 g/mol. The van der Waals surface area contributed by atoms with Gasteiger partial charge in [0.2, 0.25) is 0 Å². The van der Waals surface area contributed by atoms with E-state index in [-0.39, 0.29) is 6.04 Å². The van der Waals surface area contributed by atoms with Crippen molar-refractivity contribution in [1.82, 2.24) is 5.32 Å². The van der Waals surface area contributed by atoms with Crippen LogP contribution in [0, 0.1) is 25.5 Å². The monoisotopic (exact) mass is 267 g/mol. The molecule has 0 aliphatic carbocycles. The maximum atomic E-state index is 13.3. The van der Waals surface area contributed by atoms with E-state index < -0.39 is 11.6 Å². The second kappa shape index (κ2) is 5.16. The average Bonchev–Trinajstić information content (AvgIpc) is 2.58. The van der Waals surface area contributed by atoms with Crippen LogP contribution in [0.1, 0.15) is 26.9 Å². The Labute approximate surface area is 109 Å². The number of nitrogens with one attached hydrogen (secondary N) is 1. The number of benzene rings is 1. The molecule has 1 N–H and O–H groups in total. The van der Waals surface area contributed by atoms with Crippen LogP contribution in [0.3, 0.4) is 0 Å². The highest BCUT2D eigenvalue weighted by Crippen LogP contribution is 2.31. The molecular formula is C14H15F2NS. The molecule has 0 amide bonds. The van der Waals surface area contributed by atoms with Crippen molar-refractivity contribution in [2.45, 2.75) is 19.9 Å². The van der Waals surface area contributed by atoms with Crippen LogP contribution in [0.4, 0.5) is 8.78 Å². The SMILES string of the molecule is CNC(c1cc(F)cc(F)c1)c1cc(C)c(C)s1. The first kappa shape index (κ1) is 13.2. The Hall–Kier alpha value is -1.26. The molecule has 0 radical (unpaired) electrons. The van der Waals surface area contributed by atoms with E-state index in [9.17, 15) is 8.78 Å². The van der Waals surface area contributed by atoms with Crippen LogP contribution in [0.5, 0.6) is 0 Å². The summed E-state index contributed by atoms with van der Waals surface area (Å²) in [7, 11) is 1.79. The Morgan fingerprint density at radius 2 is 1.67 bits per heavy atom.